The average molecular weight is 376 g/mol. The van der Waals surface area contributed by atoms with Crippen molar-refractivity contribution in [2.75, 3.05) is 11.1 Å². The Kier molecular flexibility index (Phi) is 3.97. The summed E-state index contributed by atoms with van der Waals surface area (Å²) in [6.07, 6.45) is 0. The zero-order valence-electron chi connectivity index (χ0n) is 8.68. The van der Waals surface area contributed by atoms with Gasteiger partial charge in [-0.2, -0.15) is 0 Å². The third-order valence-electron chi connectivity index (χ3n) is 2.19. The lowest BCUT2D eigenvalue weighted by Gasteiger charge is -2.11. The van der Waals surface area contributed by atoms with E-state index in [1.165, 1.54) is 0 Å². The van der Waals surface area contributed by atoms with Gasteiger partial charge in [0.2, 0.25) is 0 Å². The molecule has 0 aliphatic rings. The summed E-state index contributed by atoms with van der Waals surface area (Å²) in [6, 6.07) is 11.3. The van der Waals surface area contributed by atoms with E-state index in [0.29, 0.717) is 10.7 Å². The van der Waals surface area contributed by atoms with Crippen LogP contribution >= 0.6 is 43.5 Å². The van der Waals surface area contributed by atoms with Crippen LogP contribution in [-0.2, 0) is 0 Å². The van der Waals surface area contributed by atoms with Crippen molar-refractivity contribution < 1.29 is 0 Å². The van der Waals surface area contributed by atoms with Crippen molar-refractivity contribution in [1.29, 1.82) is 0 Å². The van der Waals surface area contributed by atoms with Crippen LogP contribution in [0.4, 0.5) is 17.1 Å². The van der Waals surface area contributed by atoms with Crippen LogP contribution in [0.2, 0.25) is 5.02 Å². The molecule has 17 heavy (non-hydrogen) atoms. The van der Waals surface area contributed by atoms with E-state index in [0.717, 1.165) is 20.3 Å². The largest absolute Gasteiger partial charge is 0.399 e. The molecule has 5 heteroatoms. The predicted molar refractivity (Wildman–Crippen MR) is 81.0 cm³/mol. The van der Waals surface area contributed by atoms with Gasteiger partial charge in [0, 0.05) is 14.6 Å². The third-order valence-corrected chi connectivity index (χ3v) is 3.69. The molecule has 0 unspecified atom stereocenters. The monoisotopic (exact) mass is 374 g/mol. The Bertz CT molecular complexity index is 558. The first-order valence-electron chi connectivity index (χ1n) is 4.83. The minimum absolute atomic E-state index is 0.594. The van der Waals surface area contributed by atoms with Gasteiger partial charge in [0.1, 0.15) is 0 Å². The highest BCUT2D eigenvalue weighted by Crippen LogP contribution is 2.32. The van der Waals surface area contributed by atoms with E-state index >= 15 is 0 Å². The fraction of sp³-hybridized carbons (Fsp3) is 0. The summed E-state index contributed by atoms with van der Waals surface area (Å²) in [7, 11) is 0. The lowest BCUT2D eigenvalue weighted by atomic mass is 10.2. The maximum absolute atomic E-state index is 6.10. The second-order valence-electron chi connectivity index (χ2n) is 3.49. The highest BCUT2D eigenvalue weighted by Gasteiger charge is 2.04. The molecule has 0 fully saturated rings. The maximum atomic E-state index is 6.10. The molecule has 0 radical (unpaired) electrons. The molecule has 0 aliphatic heterocycles. The van der Waals surface area contributed by atoms with Crippen LogP contribution in [0.1, 0.15) is 0 Å². The average Bonchev–Trinajstić information content (AvgIpc) is 2.27. The van der Waals surface area contributed by atoms with Gasteiger partial charge in [-0.25, -0.2) is 0 Å². The summed E-state index contributed by atoms with van der Waals surface area (Å²) < 4.78 is 1.96. The second kappa shape index (κ2) is 5.29. The molecule has 2 aromatic rings. The van der Waals surface area contributed by atoms with Gasteiger partial charge in [-0.1, -0.05) is 27.5 Å². The molecule has 0 spiro atoms. The number of anilines is 3. The van der Waals surface area contributed by atoms with Gasteiger partial charge in [-0.05, 0) is 52.3 Å². The van der Waals surface area contributed by atoms with Crippen molar-refractivity contribution in [1.82, 2.24) is 0 Å². The van der Waals surface area contributed by atoms with E-state index in [4.69, 9.17) is 17.3 Å². The summed E-state index contributed by atoms with van der Waals surface area (Å²) in [6.45, 7) is 0. The highest BCUT2D eigenvalue weighted by molar-refractivity contribution is 9.11. The van der Waals surface area contributed by atoms with E-state index in [1.54, 1.807) is 12.1 Å². The smallest absolute Gasteiger partial charge is 0.0661 e. The van der Waals surface area contributed by atoms with Crippen molar-refractivity contribution in [3.05, 3.63) is 50.4 Å². The van der Waals surface area contributed by atoms with E-state index in [-0.39, 0.29) is 0 Å². The Labute approximate surface area is 121 Å². The molecule has 2 nitrogen and oxygen atoms in total. The zero-order valence-corrected chi connectivity index (χ0v) is 12.6. The SMILES string of the molecule is Nc1ccc(Nc2cc(Br)ccc2Br)c(Cl)c1. The van der Waals surface area contributed by atoms with Gasteiger partial charge in [-0.3, -0.25) is 0 Å². The minimum Gasteiger partial charge on any atom is -0.399 e. The van der Waals surface area contributed by atoms with Crippen LogP contribution in [0, 0.1) is 0 Å². The van der Waals surface area contributed by atoms with Crippen LogP contribution < -0.4 is 11.1 Å². The Morgan fingerprint density at radius 3 is 2.47 bits per heavy atom. The number of halogens is 3. The first-order chi connectivity index (χ1) is 8.06. The molecule has 0 saturated carbocycles. The van der Waals surface area contributed by atoms with Gasteiger partial charge in [0.25, 0.3) is 0 Å². The first kappa shape index (κ1) is 12.7. The molecule has 2 aromatic carbocycles. The molecule has 0 atom stereocenters. The molecule has 0 heterocycles. The fourth-order valence-electron chi connectivity index (χ4n) is 1.37. The van der Waals surface area contributed by atoms with Crippen molar-refractivity contribution in [3.8, 4) is 0 Å². The molecular weight excluding hydrogens is 367 g/mol. The summed E-state index contributed by atoms with van der Waals surface area (Å²) in [5, 5.41) is 3.84. The molecular formula is C12H9Br2ClN2. The number of nitrogens with one attached hydrogen (secondary N) is 1. The molecule has 0 saturated heterocycles. The Morgan fingerprint density at radius 1 is 1.00 bits per heavy atom. The number of nitrogen functional groups attached to an aromatic ring is 1. The summed E-state index contributed by atoms with van der Waals surface area (Å²) in [5.41, 5.74) is 8.05. The van der Waals surface area contributed by atoms with Crippen LogP contribution in [0.15, 0.2) is 45.3 Å². The third kappa shape index (κ3) is 3.15. The van der Waals surface area contributed by atoms with Crippen molar-refractivity contribution in [2.45, 2.75) is 0 Å². The number of hydrogen-bond donors (Lipinski definition) is 2. The van der Waals surface area contributed by atoms with Crippen LogP contribution in [0.3, 0.4) is 0 Å². The quantitative estimate of drug-likeness (QED) is 0.708. The zero-order chi connectivity index (χ0) is 12.4. The van der Waals surface area contributed by atoms with Gasteiger partial charge in [-0.15, -0.1) is 0 Å². The normalized spacial score (nSPS) is 10.3. The predicted octanol–water partition coefficient (Wildman–Crippen LogP) is 5.19. The topological polar surface area (TPSA) is 38.0 Å². The number of hydrogen-bond acceptors (Lipinski definition) is 2. The number of rotatable bonds is 2. The number of benzene rings is 2. The van der Waals surface area contributed by atoms with Gasteiger partial charge in [0.05, 0.1) is 16.4 Å². The lowest BCUT2D eigenvalue weighted by Crippen LogP contribution is -1.93. The standard InChI is InChI=1S/C12H9Br2ClN2/c13-7-1-3-9(14)12(5-7)17-11-4-2-8(16)6-10(11)15/h1-6,17H,16H2. The maximum Gasteiger partial charge on any atom is 0.0661 e. The summed E-state index contributed by atoms with van der Waals surface area (Å²) >= 11 is 13.0. The fourth-order valence-corrected chi connectivity index (χ4v) is 2.31. The molecule has 0 amide bonds. The van der Waals surface area contributed by atoms with Gasteiger partial charge < -0.3 is 11.1 Å². The Morgan fingerprint density at radius 2 is 1.76 bits per heavy atom. The van der Waals surface area contributed by atoms with E-state index < -0.39 is 0 Å². The molecule has 2 rings (SSSR count). The van der Waals surface area contributed by atoms with Crippen LogP contribution in [-0.4, -0.2) is 0 Å². The van der Waals surface area contributed by atoms with Gasteiger partial charge >= 0.3 is 0 Å². The Balaban J connectivity index is 2.34. The van der Waals surface area contributed by atoms with Crippen molar-refractivity contribution in [3.63, 3.8) is 0 Å². The number of nitrogens with two attached hydrogens (primary N) is 1. The van der Waals surface area contributed by atoms with E-state index in [9.17, 15) is 0 Å². The summed E-state index contributed by atoms with van der Waals surface area (Å²) in [4.78, 5) is 0. The molecule has 0 bridgehead atoms. The lowest BCUT2D eigenvalue weighted by molar-refractivity contribution is 1.51. The molecule has 0 aromatic heterocycles. The van der Waals surface area contributed by atoms with Crippen LogP contribution in [0.5, 0.6) is 0 Å². The van der Waals surface area contributed by atoms with E-state index in [2.05, 4.69) is 37.2 Å². The highest BCUT2D eigenvalue weighted by atomic mass is 79.9. The molecule has 3 N–H and O–H groups in total. The Hall–Kier alpha value is -0.710. The van der Waals surface area contributed by atoms with Crippen molar-refractivity contribution >= 4 is 60.5 Å². The summed E-state index contributed by atoms with van der Waals surface area (Å²) in [5.74, 6) is 0. The molecule has 0 aliphatic carbocycles. The van der Waals surface area contributed by atoms with E-state index in [1.807, 2.05) is 24.3 Å². The minimum atomic E-state index is 0.594. The van der Waals surface area contributed by atoms with Gasteiger partial charge in [0.15, 0.2) is 0 Å². The van der Waals surface area contributed by atoms with Crippen molar-refractivity contribution in [2.24, 2.45) is 0 Å². The molecule has 88 valence electrons. The van der Waals surface area contributed by atoms with Crippen LogP contribution in [0.25, 0.3) is 0 Å². The second-order valence-corrected chi connectivity index (χ2v) is 5.67. The first-order valence-corrected chi connectivity index (χ1v) is 6.80.